The summed E-state index contributed by atoms with van der Waals surface area (Å²) in [6, 6.07) is 6.79. The van der Waals surface area contributed by atoms with Crippen LogP contribution in [-0.4, -0.2) is 59.0 Å². The number of nitrogens with zero attached hydrogens (tertiary/aromatic N) is 2. The molecule has 41 heavy (non-hydrogen) atoms. The van der Waals surface area contributed by atoms with Crippen LogP contribution in [0.1, 0.15) is 42.9 Å². The van der Waals surface area contributed by atoms with Crippen LogP contribution >= 0.6 is 0 Å². The van der Waals surface area contributed by atoms with Crippen molar-refractivity contribution >= 4 is 29.6 Å². The van der Waals surface area contributed by atoms with Crippen LogP contribution in [0.4, 0.5) is 32.8 Å². The van der Waals surface area contributed by atoms with Gasteiger partial charge in [-0.2, -0.15) is 13.2 Å². The Bertz CT molecular complexity index is 1380. The molecule has 1 saturated heterocycles. The first-order valence-electron chi connectivity index (χ1n) is 13.2. The van der Waals surface area contributed by atoms with Gasteiger partial charge >= 0.3 is 18.3 Å². The van der Waals surface area contributed by atoms with Crippen LogP contribution in [0.15, 0.2) is 42.5 Å². The Labute approximate surface area is 232 Å². The molecule has 218 valence electrons. The highest BCUT2D eigenvalue weighted by Gasteiger charge is 2.58. The Balaban J connectivity index is 1.31. The fourth-order valence-electron chi connectivity index (χ4n) is 5.10. The molecule has 2 aromatic rings. The molecule has 1 heterocycles. The van der Waals surface area contributed by atoms with Crippen molar-refractivity contribution in [1.29, 1.82) is 0 Å². The van der Waals surface area contributed by atoms with Crippen molar-refractivity contribution in [2.75, 3.05) is 18.4 Å². The quantitative estimate of drug-likeness (QED) is 0.452. The van der Waals surface area contributed by atoms with Crippen LogP contribution in [0.2, 0.25) is 0 Å². The molecule has 9 nitrogen and oxygen atoms in total. The van der Waals surface area contributed by atoms with Crippen LogP contribution in [0.25, 0.3) is 0 Å². The third-order valence-corrected chi connectivity index (χ3v) is 7.69. The van der Waals surface area contributed by atoms with Crippen molar-refractivity contribution in [3.63, 3.8) is 0 Å². The van der Waals surface area contributed by atoms with E-state index >= 15 is 0 Å². The first-order chi connectivity index (χ1) is 19.4. The molecule has 2 aliphatic carbocycles. The lowest BCUT2D eigenvalue weighted by atomic mass is 9.94. The minimum absolute atomic E-state index is 0.0766. The van der Waals surface area contributed by atoms with Crippen molar-refractivity contribution in [2.24, 2.45) is 5.92 Å². The van der Waals surface area contributed by atoms with Gasteiger partial charge in [-0.15, -0.1) is 0 Å². The van der Waals surface area contributed by atoms with Gasteiger partial charge in [0.05, 0.1) is 0 Å². The minimum atomic E-state index is -4.79. The number of nitrogens with one attached hydrogen (secondary N) is 2. The summed E-state index contributed by atoms with van der Waals surface area (Å²) in [5, 5.41) is 5.52. The van der Waals surface area contributed by atoms with E-state index in [-0.39, 0.29) is 18.0 Å². The molecule has 0 radical (unpaired) electrons. The number of amides is 5. The topological polar surface area (TPSA) is 108 Å². The van der Waals surface area contributed by atoms with Crippen LogP contribution < -0.4 is 10.6 Å². The van der Waals surface area contributed by atoms with E-state index in [4.69, 9.17) is 4.74 Å². The highest BCUT2D eigenvalue weighted by atomic mass is 19.4. The van der Waals surface area contributed by atoms with E-state index in [2.05, 4.69) is 10.6 Å². The summed E-state index contributed by atoms with van der Waals surface area (Å²) in [7, 11) is 0. The van der Waals surface area contributed by atoms with E-state index in [0.29, 0.717) is 45.5 Å². The van der Waals surface area contributed by atoms with E-state index in [1.54, 1.807) is 18.2 Å². The number of hydrogen-bond donors (Lipinski definition) is 2. The Morgan fingerprint density at radius 3 is 2.51 bits per heavy atom. The number of anilines is 1. The van der Waals surface area contributed by atoms with Gasteiger partial charge < -0.3 is 20.3 Å². The average Bonchev–Trinajstić information content (AvgIpc) is 3.64. The van der Waals surface area contributed by atoms with Gasteiger partial charge in [0.1, 0.15) is 18.4 Å². The van der Waals surface area contributed by atoms with Crippen molar-refractivity contribution in [2.45, 2.75) is 57.0 Å². The molecule has 1 aliphatic heterocycles. The molecule has 0 bridgehead atoms. The lowest BCUT2D eigenvalue weighted by Crippen LogP contribution is -2.51. The minimum Gasteiger partial charge on any atom is -0.427 e. The van der Waals surface area contributed by atoms with Crippen molar-refractivity contribution < 1.29 is 41.5 Å². The number of rotatable bonds is 8. The Hall–Kier alpha value is -4.16. The van der Waals surface area contributed by atoms with E-state index in [9.17, 15) is 36.7 Å². The number of hydrogen-bond acceptors (Lipinski definition) is 5. The molecule has 5 amide bonds. The third-order valence-electron chi connectivity index (χ3n) is 7.69. The average molecular weight is 577 g/mol. The number of imide groups is 1. The summed E-state index contributed by atoms with van der Waals surface area (Å²) >= 11 is 0. The second-order valence-electron chi connectivity index (χ2n) is 10.6. The van der Waals surface area contributed by atoms with Crippen LogP contribution in [0, 0.1) is 11.7 Å². The number of aryl methyl sites for hydroxylation is 1. The van der Waals surface area contributed by atoms with E-state index in [0.717, 1.165) is 31.9 Å². The standard InChI is InChI=1S/C28H28F4N4O5/c1-16(28(30,31)32)35(14-18-4-6-20(29)7-5-18)23(37)15-36-24(38)27(41-26(36)40)11-10-19-12-21(8-9-22(19)27)34-25(39)33-13-17-2-3-17/h4-9,12,16-17H,2-3,10-11,13-15H2,1H3,(H2,33,34,39)/t16-,27+/m0/s1. The highest BCUT2D eigenvalue weighted by Crippen LogP contribution is 2.46. The Kier molecular flexibility index (Phi) is 7.39. The van der Waals surface area contributed by atoms with Crippen LogP contribution in [-0.2, 0) is 32.9 Å². The first kappa shape index (κ1) is 28.4. The third kappa shape index (κ3) is 5.84. The number of alkyl halides is 3. The number of urea groups is 1. The number of carbonyl (C=O) groups excluding carboxylic acids is 4. The molecule has 2 atom stereocenters. The van der Waals surface area contributed by atoms with E-state index in [1.165, 1.54) is 12.1 Å². The van der Waals surface area contributed by atoms with E-state index < -0.39 is 54.6 Å². The molecule has 2 fully saturated rings. The number of benzene rings is 2. The molecule has 3 aliphatic rings. The smallest absolute Gasteiger partial charge is 0.418 e. The number of halogens is 4. The zero-order chi connectivity index (χ0) is 29.5. The van der Waals surface area contributed by atoms with Gasteiger partial charge in [-0.25, -0.2) is 18.9 Å². The summed E-state index contributed by atoms with van der Waals surface area (Å²) in [5.41, 5.74) is 0.0506. The Morgan fingerprint density at radius 2 is 1.85 bits per heavy atom. The normalized spacial score (nSPS) is 20.6. The predicted octanol–water partition coefficient (Wildman–Crippen LogP) is 4.46. The fourth-order valence-corrected chi connectivity index (χ4v) is 5.10. The molecule has 0 aromatic heterocycles. The van der Waals surface area contributed by atoms with E-state index in [1.807, 2.05) is 0 Å². The molecule has 1 saturated carbocycles. The number of ether oxygens (including phenoxy) is 1. The van der Waals surface area contributed by atoms with Crippen molar-refractivity contribution in [1.82, 2.24) is 15.1 Å². The summed E-state index contributed by atoms with van der Waals surface area (Å²) in [4.78, 5) is 52.6. The maximum absolute atomic E-state index is 13.6. The lowest BCUT2D eigenvalue weighted by Gasteiger charge is -2.31. The van der Waals surface area contributed by atoms with Crippen molar-refractivity contribution in [3.05, 3.63) is 65.0 Å². The fraction of sp³-hybridized carbons (Fsp3) is 0.429. The predicted molar refractivity (Wildman–Crippen MR) is 137 cm³/mol. The van der Waals surface area contributed by atoms with Gasteiger partial charge in [0.25, 0.3) is 5.91 Å². The number of carbonyl (C=O) groups is 4. The lowest BCUT2D eigenvalue weighted by molar-refractivity contribution is -0.187. The largest absolute Gasteiger partial charge is 0.427 e. The summed E-state index contributed by atoms with van der Waals surface area (Å²) in [6.45, 7) is -0.105. The monoisotopic (exact) mass is 576 g/mol. The summed E-state index contributed by atoms with van der Waals surface area (Å²) in [5.74, 6) is -2.07. The van der Waals surface area contributed by atoms with Gasteiger partial charge in [-0.3, -0.25) is 9.59 Å². The SMILES string of the molecule is C[C@H](N(Cc1ccc(F)cc1)C(=O)CN1C(=O)O[C@@]2(CCc3cc(NC(=O)NCC4CC4)ccc32)C1=O)C(F)(F)F. The zero-order valence-electron chi connectivity index (χ0n) is 22.1. The molecular formula is C28H28F4N4O5. The molecule has 2 N–H and O–H groups in total. The summed E-state index contributed by atoms with van der Waals surface area (Å²) in [6.07, 6.45) is -3.35. The van der Waals surface area contributed by atoms with Crippen LogP contribution in [0.3, 0.4) is 0 Å². The Morgan fingerprint density at radius 1 is 1.15 bits per heavy atom. The zero-order valence-corrected chi connectivity index (χ0v) is 22.1. The number of fused-ring (bicyclic) bond motifs is 2. The van der Waals surface area contributed by atoms with Crippen LogP contribution in [0.5, 0.6) is 0 Å². The second kappa shape index (κ2) is 10.7. The molecule has 2 aromatic carbocycles. The highest BCUT2D eigenvalue weighted by molar-refractivity contribution is 6.06. The molecule has 1 spiro atoms. The van der Waals surface area contributed by atoms with Gasteiger partial charge in [-0.1, -0.05) is 18.2 Å². The first-order valence-corrected chi connectivity index (χ1v) is 13.2. The van der Waals surface area contributed by atoms with Gasteiger partial charge in [0, 0.05) is 30.8 Å². The van der Waals surface area contributed by atoms with Gasteiger partial charge in [0.2, 0.25) is 11.5 Å². The maximum Gasteiger partial charge on any atom is 0.418 e. The molecule has 13 heteroatoms. The second-order valence-corrected chi connectivity index (χ2v) is 10.6. The van der Waals surface area contributed by atoms with Gasteiger partial charge in [-0.05, 0) is 67.5 Å². The molecular weight excluding hydrogens is 548 g/mol. The molecule has 0 unspecified atom stereocenters. The summed E-state index contributed by atoms with van der Waals surface area (Å²) < 4.78 is 59.7. The maximum atomic E-state index is 13.6. The van der Waals surface area contributed by atoms with Crippen molar-refractivity contribution in [3.8, 4) is 0 Å². The molecule has 5 rings (SSSR count). The van der Waals surface area contributed by atoms with Gasteiger partial charge in [0.15, 0.2) is 0 Å².